The molecule has 3 nitrogen and oxygen atoms in total. The second kappa shape index (κ2) is 8.87. The smallest absolute Gasteiger partial charge is 0.136 e. The van der Waals surface area contributed by atoms with Crippen molar-refractivity contribution in [2.24, 2.45) is 0 Å². The van der Waals surface area contributed by atoms with Gasteiger partial charge in [0.25, 0.3) is 0 Å². The van der Waals surface area contributed by atoms with E-state index >= 15 is 0 Å². The highest BCUT2D eigenvalue weighted by molar-refractivity contribution is 7.26. The number of fused-ring (bicyclic) bond motifs is 13. The summed E-state index contributed by atoms with van der Waals surface area (Å²) in [5, 5.41) is 9.91. The second-order valence-electron chi connectivity index (χ2n) is 12.1. The largest absolute Gasteiger partial charge is 0.456 e. The zero-order valence-corrected chi connectivity index (χ0v) is 25.4. The molecule has 0 aliphatic rings. The van der Waals surface area contributed by atoms with Crippen LogP contribution < -0.4 is 0 Å². The van der Waals surface area contributed by atoms with Gasteiger partial charge in [-0.25, -0.2) is 0 Å². The van der Waals surface area contributed by atoms with Crippen LogP contribution in [0.1, 0.15) is 0 Å². The third kappa shape index (κ3) is 3.16. The molecule has 11 rings (SSSR count). The SMILES string of the molecule is c1ccc2c(c1)c1ccccc1n2-c1ccc2oc3ccc4sc5ccc(-n6c7ccccc7c7ccccc76)cc5c4c3c2c1. The van der Waals surface area contributed by atoms with Gasteiger partial charge < -0.3 is 13.6 Å². The molecule has 4 heterocycles. The van der Waals surface area contributed by atoms with Crippen LogP contribution in [0.4, 0.5) is 0 Å². The van der Waals surface area contributed by atoms with E-state index in [0.717, 1.165) is 22.2 Å². The van der Waals surface area contributed by atoms with Crippen molar-refractivity contribution < 1.29 is 4.42 Å². The normalized spacial score (nSPS) is 12.3. The van der Waals surface area contributed by atoms with Crippen LogP contribution in [0.2, 0.25) is 0 Å². The number of rotatable bonds is 2. The number of para-hydroxylation sites is 4. The molecule has 11 aromatic rings. The highest BCUT2D eigenvalue weighted by atomic mass is 32.1. The molecule has 0 amide bonds. The van der Waals surface area contributed by atoms with Crippen LogP contribution in [0.5, 0.6) is 0 Å². The fourth-order valence-electron chi connectivity index (χ4n) is 7.79. The fraction of sp³-hybridized carbons (Fsp3) is 0. The van der Waals surface area contributed by atoms with E-state index in [1.807, 2.05) is 11.3 Å². The standard InChI is InChI=1S/C42H24N2OS/c1-5-13-33-27(9-1)28-10-2-6-14-34(28)43(33)25-17-19-37-31(23-25)41-38(45-37)20-22-40-42(41)32-24-26(18-21-39(32)46-40)44-35-15-7-3-11-29(35)30-12-4-8-16-36(30)44/h1-24H. The minimum absolute atomic E-state index is 0.907. The Kier molecular flexibility index (Phi) is 4.72. The number of hydrogen-bond acceptors (Lipinski definition) is 2. The van der Waals surface area contributed by atoms with E-state index in [0.29, 0.717) is 0 Å². The molecule has 0 aliphatic heterocycles. The lowest BCUT2D eigenvalue weighted by Crippen LogP contribution is -1.93. The number of furan rings is 1. The average molecular weight is 605 g/mol. The van der Waals surface area contributed by atoms with Crippen LogP contribution in [-0.4, -0.2) is 9.13 Å². The first-order chi connectivity index (χ1) is 22.8. The van der Waals surface area contributed by atoms with Crippen molar-refractivity contribution in [3.63, 3.8) is 0 Å². The number of nitrogens with zero attached hydrogens (tertiary/aromatic N) is 2. The van der Waals surface area contributed by atoms with Crippen LogP contribution in [-0.2, 0) is 0 Å². The third-order valence-corrected chi connectivity index (χ3v) is 10.8. The van der Waals surface area contributed by atoms with E-state index in [1.54, 1.807) is 0 Å². The summed E-state index contributed by atoms with van der Waals surface area (Å²) in [6.45, 7) is 0. The molecular formula is C42H24N2OS. The molecule has 0 unspecified atom stereocenters. The van der Waals surface area contributed by atoms with Gasteiger partial charge >= 0.3 is 0 Å². The molecule has 0 atom stereocenters. The maximum atomic E-state index is 6.53. The zero-order chi connectivity index (χ0) is 29.9. The first kappa shape index (κ1) is 24.5. The van der Waals surface area contributed by atoms with Crippen molar-refractivity contribution in [1.82, 2.24) is 9.13 Å². The van der Waals surface area contributed by atoms with Gasteiger partial charge in [-0.05, 0) is 72.8 Å². The molecule has 0 saturated carbocycles. The van der Waals surface area contributed by atoms with Crippen molar-refractivity contribution in [1.29, 1.82) is 0 Å². The van der Waals surface area contributed by atoms with Gasteiger partial charge in [0.1, 0.15) is 11.2 Å². The van der Waals surface area contributed by atoms with Crippen LogP contribution in [0.15, 0.2) is 150 Å². The van der Waals surface area contributed by atoms with Gasteiger partial charge in [0.2, 0.25) is 0 Å². The summed E-state index contributed by atoms with van der Waals surface area (Å²) in [6, 6.07) is 52.7. The number of benzene rings is 7. The molecule has 0 fully saturated rings. The number of thiophene rings is 1. The molecule has 0 radical (unpaired) electrons. The van der Waals surface area contributed by atoms with E-state index in [2.05, 4.69) is 155 Å². The summed E-state index contributed by atoms with van der Waals surface area (Å²) in [5.41, 5.74) is 8.98. The molecule has 4 heteroatoms. The second-order valence-corrected chi connectivity index (χ2v) is 13.2. The minimum atomic E-state index is 0.907. The summed E-state index contributed by atoms with van der Waals surface area (Å²) in [6.07, 6.45) is 0. The van der Waals surface area contributed by atoms with Crippen molar-refractivity contribution in [2.45, 2.75) is 0 Å². The van der Waals surface area contributed by atoms with E-state index in [1.165, 1.54) is 74.9 Å². The monoisotopic (exact) mass is 604 g/mol. The fourth-order valence-corrected chi connectivity index (χ4v) is 8.88. The molecule has 4 aromatic heterocycles. The van der Waals surface area contributed by atoms with Gasteiger partial charge in [0.15, 0.2) is 0 Å². The molecule has 0 aliphatic carbocycles. The maximum absolute atomic E-state index is 6.53. The third-order valence-electron chi connectivity index (χ3n) is 9.71. The highest BCUT2D eigenvalue weighted by Gasteiger charge is 2.19. The van der Waals surface area contributed by atoms with Crippen molar-refractivity contribution >= 4 is 97.1 Å². The summed E-state index contributed by atoms with van der Waals surface area (Å²) < 4.78 is 13.9. The Labute approximate surface area is 266 Å². The number of aromatic nitrogens is 2. The number of hydrogen-bond donors (Lipinski definition) is 0. The van der Waals surface area contributed by atoms with Crippen molar-refractivity contribution in [2.75, 3.05) is 0 Å². The van der Waals surface area contributed by atoms with Crippen molar-refractivity contribution in [3.8, 4) is 11.4 Å². The topological polar surface area (TPSA) is 23.0 Å². The van der Waals surface area contributed by atoms with E-state index in [4.69, 9.17) is 4.42 Å². The molecule has 214 valence electrons. The van der Waals surface area contributed by atoms with Crippen molar-refractivity contribution in [3.05, 3.63) is 146 Å². The molecule has 46 heavy (non-hydrogen) atoms. The molecule has 0 N–H and O–H groups in total. The quantitative estimate of drug-likeness (QED) is 0.192. The lowest BCUT2D eigenvalue weighted by molar-refractivity contribution is 0.669. The maximum Gasteiger partial charge on any atom is 0.136 e. The zero-order valence-electron chi connectivity index (χ0n) is 24.6. The summed E-state index contributed by atoms with van der Waals surface area (Å²) in [5.74, 6) is 0. The summed E-state index contributed by atoms with van der Waals surface area (Å²) >= 11 is 1.85. The van der Waals surface area contributed by atoms with Gasteiger partial charge in [-0.15, -0.1) is 11.3 Å². The lowest BCUT2D eigenvalue weighted by Gasteiger charge is -2.09. The molecule has 0 saturated heterocycles. The molecule has 7 aromatic carbocycles. The lowest BCUT2D eigenvalue weighted by atomic mass is 10.0. The minimum Gasteiger partial charge on any atom is -0.456 e. The van der Waals surface area contributed by atoms with Gasteiger partial charge in [-0.1, -0.05) is 72.8 Å². The van der Waals surface area contributed by atoms with Crippen LogP contribution in [0.25, 0.3) is 97.1 Å². The molecular weight excluding hydrogens is 581 g/mol. The Bertz CT molecular complexity index is 2730. The van der Waals surface area contributed by atoms with E-state index in [-0.39, 0.29) is 0 Å². The van der Waals surface area contributed by atoms with Gasteiger partial charge in [0, 0.05) is 63.9 Å². The Morgan fingerprint density at radius 1 is 0.370 bits per heavy atom. The Morgan fingerprint density at radius 2 is 0.826 bits per heavy atom. The van der Waals surface area contributed by atoms with E-state index < -0.39 is 0 Å². The van der Waals surface area contributed by atoms with Gasteiger partial charge in [-0.2, -0.15) is 0 Å². The predicted molar refractivity (Wildman–Crippen MR) is 195 cm³/mol. The Balaban J connectivity index is 1.22. The van der Waals surface area contributed by atoms with Crippen LogP contribution in [0.3, 0.4) is 0 Å². The first-order valence-corrected chi connectivity index (χ1v) is 16.4. The average Bonchev–Trinajstić information content (AvgIpc) is 3.85. The summed E-state index contributed by atoms with van der Waals surface area (Å²) in [7, 11) is 0. The van der Waals surface area contributed by atoms with Crippen LogP contribution >= 0.6 is 11.3 Å². The van der Waals surface area contributed by atoms with Crippen LogP contribution in [0, 0.1) is 0 Å². The highest BCUT2D eigenvalue weighted by Crippen LogP contribution is 2.44. The van der Waals surface area contributed by atoms with Gasteiger partial charge in [-0.3, -0.25) is 0 Å². The van der Waals surface area contributed by atoms with E-state index in [9.17, 15) is 0 Å². The Morgan fingerprint density at radius 3 is 1.39 bits per heavy atom. The first-order valence-electron chi connectivity index (χ1n) is 15.6. The molecule has 0 spiro atoms. The Hall–Kier alpha value is -5.84. The molecule has 0 bridgehead atoms. The summed E-state index contributed by atoms with van der Waals surface area (Å²) in [4.78, 5) is 0. The van der Waals surface area contributed by atoms with Gasteiger partial charge in [0.05, 0.1) is 22.1 Å². The predicted octanol–water partition coefficient (Wildman–Crippen LogP) is 12.1.